The van der Waals surface area contributed by atoms with Crippen LogP contribution in [0.5, 0.6) is 0 Å². The third-order valence-corrected chi connectivity index (χ3v) is 10.9. The van der Waals surface area contributed by atoms with Gasteiger partial charge in [0.1, 0.15) is 12.6 Å². The van der Waals surface area contributed by atoms with Gasteiger partial charge < -0.3 is 25.2 Å². The minimum absolute atomic E-state index is 0.167. The highest BCUT2D eigenvalue weighted by Gasteiger charge is 2.28. The first-order valence-corrected chi connectivity index (χ1v) is 23.7. The van der Waals surface area contributed by atoms with Crippen molar-refractivity contribution in [3.05, 3.63) is 12.7 Å². The summed E-state index contributed by atoms with van der Waals surface area (Å²) in [4.78, 5) is 46.0. The average molecular weight is 804 g/mol. The quantitative estimate of drug-likeness (QED) is 0.0232. The number of ether oxygens (including phenoxy) is 2. The van der Waals surface area contributed by atoms with E-state index in [2.05, 4.69) is 18.0 Å². The highest BCUT2D eigenvalue weighted by atomic mass is 31.2. The van der Waals surface area contributed by atoms with Gasteiger partial charge in [0, 0.05) is 12.8 Å². The SMILES string of the molecule is C=CCCCCCCCCCCCCCCCC(=O)OC[C@H](COP(=O)(O)OC[C@H](N)C(=O)O)OC(=O)CCCCCCCCCCCCCCCCCC. The molecule has 0 aromatic heterocycles. The van der Waals surface area contributed by atoms with Crippen LogP contribution < -0.4 is 5.73 Å². The van der Waals surface area contributed by atoms with Crippen molar-refractivity contribution >= 4 is 25.7 Å². The number of esters is 2. The van der Waals surface area contributed by atoms with E-state index < -0.39 is 51.1 Å². The van der Waals surface area contributed by atoms with Crippen LogP contribution in [0.2, 0.25) is 0 Å². The lowest BCUT2D eigenvalue weighted by Crippen LogP contribution is -2.34. The number of hydrogen-bond acceptors (Lipinski definition) is 9. The van der Waals surface area contributed by atoms with Crippen LogP contribution in [0.3, 0.4) is 0 Å². The second-order valence-electron chi connectivity index (χ2n) is 15.3. The Balaban J connectivity index is 4.30. The average Bonchev–Trinajstić information content (AvgIpc) is 3.16. The summed E-state index contributed by atoms with van der Waals surface area (Å²) in [5.74, 6) is -2.37. The van der Waals surface area contributed by atoms with Crippen molar-refractivity contribution in [1.29, 1.82) is 0 Å². The zero-order valence-electron chi connectivity index (χ0n) is 34.9. The van der Waals surface area contributed by atoms with Crippen LogP contribution in [-0.2, 0) is 37.5 Å². The summed E-state index contributed by atoms with van der Waals surface area (Å²) in [5.41, 5.74) is 5.33. The normalized spacial score (nSPS) is 13.6. The predicted octanol–water partition coefficient (Wildman–Crippen LogP) is 11.7. The van der Waals surface area contributed by atoms with E-state index in [-0.39, 0.29) is 19.4 Å². The Morgan fingerprint density at radius 3 is 1.35 bits per heavy atom. The summed E-state index contributed by atoms with van der Waals surface area (Å²) < 4.78 is 32.7. The van der Waals surface area contributed by atoms with Gasteiger partial charge in [0.25, 0.3) is 0 Å². The van der Waals surface area contributed by atoms with Gasteiger partial charge in [-0.15, -0.1) is 6.58 Å². The van der Waals surface area contributed by atoms with E-state index in [1.165, 1.54) is 135 Å². The fourth-order valence-electron chi connectivity index (χ4n) is 6.40. The minimum atomic E-state index is -4.71. The Labute approximate surface area is 335 Å². The Morgan fingerprint density at radius 1 is 0.582 bits per heavy atom. The number of aliphatic carboxylic acids is 1. The molecule has 4 N–H and O–H groups in total. The molecule has 0 spiro atoms. The summed E-state index contributed by atoms with van der Waals surface area (Å²) in [6.45, 7) is 4.35. The second kappa shape index (κ2) is 39.1. The molecular weight excluding hydrogens is 721 g/mol. The molecule has 55 heavy (non-hydrogen) atoms. The number of carboxylic acids is 1. The lowest BCUT2D eigenvalue weighted by molar-refractivity contribution is -0.161. The van der Waals surface area contributed by atoms with E-state index in [1.54, 1.807) is 0 Å². The highest BCUT2D eigenvalue weighted by Crippen LogP contribution is 2.43. The molecule has 0 aliphatic heterocycles. The molecule has 0 rings (SSSR count). The summed E-state index contributed by atoms with van der Waals surface area (Å²) >= 11 is 0. The van der Waals surface area contributed by atoms with Crippen LogP contribution >= 0.6 is 7.82 Å². The van der Waals surface area contributed by atoms with Gasteiger partial charge in [-0.05, 0) is 25.7 Å². The third-order valence-electron chi connectivity index (χ3n) is 9.91. The predicted molar refractivity (Wildman–Crippen MR) is 222 cm³/mol. The Bertz CT molecular complexity index is 981. The van der Waals surface area contributed by atoms with Gasteiger partial charge in [0.2, 0.25) is 0 Å². The Morgan fingerprint density at radius 2 is 0.945 bits per heavy atom. The van der Waals surface area contributed by atoms with Crippen LogP contribution in [0, 0.1) is 0 Å². The molecule has 324 valence electrons. The number of phosphoric acid groups is 1. The molecule has 11 nitrogen and oxygen atoms in total. The highest BCUT2D eigenvalue weighted by molar-refractivity contribution is 7.47. The topological polar surface area (TPSA) is 172 Å². The molecular formula is C43H82NO10P. The van der Waals surface area contributed by atoms with Gasteiger partial charge in [0.15, 0.2) is 6.10 Å². The van der Waals surface area contributed by atoms with Crippen molar-refractivity contribution in [2.45, 2.75) is 225 Å². The Hall–Kier alpha value is -1.78. The number of unbranched alkanes of at least 4 members (excludes halogenated alkanes) is 28. The molecule has 0 saturated carbocycles. The van der Waals surface area contributed by atoms with Crippen molar-refractivity contribution in [1.82, 2.24) is 0 Å². The van der Waals surface area contributed by atoms with Crippen LogP contribution in [0.15, 0.2) is 12.7 Å². The number of phosphoric ester groups is 1. The molecule has 0 amide bonds. The van der Waals surface area contributed by atoms with E-state index in [1.807, 2.05) is 6.08 Å². The van der Waals surface area contributed by atoms with Gasteiger partial charge in [-0.3, -0.25) is 23.4 Å². The number of carbonyl (C=O) groups excluding carboxylic acids is 2. The fraction of sp³-hybridized carbons (Fsp3) is 0.884. The van der Waals surface area contributed by atoms with E-state index in [4.69, 9.17) is 24.8 Å². The number of allylic oxidation sites excluding steroid dienone is 1. The fourth-order valence-corrected chi connectivity index (χ4v) is 7.18. The number of rotatable bonds is 43. The molecule has 0 aliphatic rings. The van der Waals surface area contributed by atoms with E-state index >= 15 is 0 Å². The molecule has 0 bridgehead atoms. The van der Waals surface area contributed by atoms with Gasteiger partial charge in [-0.2, -0.15) is 0 Å². The molecule has 0 radical (unpaired) electrons. The molecule has 0 saturated heterocycles. The molecule has 3 atom stereocenters. The molecule has 0 heterocycles. The van der Waals surface area contributed by atoms with Gasteiger partial charge in [-0.1, -0.05) is 180 Å². The lowest BCUT2D eigenvalue weighted by Gasteiger charge is -2.20. The van der Waals surface area contributed by atoms with Crippen LogP contribution in [-0.4, -0.2) is 59.9 Å². The minimum Gasteiger partial charge on any atom is -0.480 e. The summed E-state index contributed by atoms with van der Waals surface area (Å²) in [5, 5.41) is 8.89. The summed E-state index contributed by atoms with van der Waals surface area (Å²) in [6.07, 6.45) is 37.3. The van der Waals surface area contributed by atoms with Crippen molar-refractivity contribution in [2.75, 3.05) is 19.8 Å². The summed E-state index contributed by atoms with van der Waals surface area (Å²) in [7, 11) is -4.71. The smallest absolute Gasteiger partial charge is 0.472 e. The lowest BCUT2D eigenvalue weighted by atomic mass is 10.0. The van der Waals surface area contributed by atoms with Crippen LogP contribution in [0.25, 0.3) is 0 Å². The molecule has 0 aromatic rings. The van der Waals surface area contributed by atoms with Crippen LogP contribution in [0.4, 0.5) is 0 Å². The maximum Gasteiger partial charge on any atom is 0.472 e. The molecule has 0 aliphatic carbocycles. The van der Waals surface area contributed by atoms with Crippen molar-refractivity contribution < 1.29 is 47.5 Å². The molecule has 0 aromatic carbocycles. The third kappa shape index (κ3) is 38.9. The van der Waals surface area contributed by atoms with E-state index in [9.17, 15) is 23.8 Å². The Kier molecular flexibility index (Phi) is 37.8. The molecule has 12 heteroatoms. The first kappa shape index (κ1) is 53.2. The zero-order chi connectivity index (χ0) is 40.7. The zero-order valence-corrected chi connectivity index (χ0v) is 35.8. The number of carboxylic acid groups (broad SMARTS) is 1. The van der Waals surface area contributed by atoms with Crippen molar-refractivity contribution in [3.63, 3.8) is 0 Å². The number of hydrogen-bond donors (Lipinski definition) is 3. The summed E-state index contributed by atoms with van der Waals surface area (Å²) in [6, 6.07) is -1.52. The first-order valence-electron chi connectivity index (χ1n) is 22.2. The largest absolute Gasteiger partial charge is 0.480 e. The van der Waals surface area contributed by atoms with Crippen LogP contribution in [0.1, 0.15) is 212 Å². The number of carbonyl (C=O) groups is 3. The maximum atomic E-state index is 12.6. The van der Waals surface area contributed by atoms with Crippen molar-refractivity contribution in [3.8, 4) is 0 Å². The van der Waals surface area contributed by atoms with Gasteiger partial charge >= 0.3 is 25.7 Å². The van der Waals surface area contributed by atoms with Crippen molar-refractivity contribution in [2.24, 2.45) is 5.73 Å². The van der Waals surface area contributed by atoms with Gasteiger partial charge in [-0.25, -0.2) is 4.57 Å². The molecule has 1 unspecified atom stereocenters. The number of nitrogens with two attached hydrogens (primary N) is 1. The van der Waals surface area contributed by atoms with E-state index in [0.29, 0.717) is 12.8 Å². The maximum absolute atomic E-state index is 12.6. The van der Waals surface area contributed by atoms with E-state index in [0.717, 1.165) is 44.9 Å². The second-order valence-corrected chi connectivity index (χ2v) is 16.7. The monoisotopic (exact) mass is 804 g/mol. The van der Waals surface area contributed by atoms with Gasteiger partial charge in [0.05, 0.1) is 13.2 Å². The standard InChI is InChI=1S/C43H82NO10P/c1-3-5-7-9-11-13-15-17-19-21-23-25-27-29-31-33-35-42(46)54-39(37-52-55(49,50)53-38-40(44)43(47)48)36-51-41(45)34-32-30-28-26-24-22-20-18-16-14-12-10-8-6-4-2/h4,39-40H,2-3,5-38,44H2,1H3,(H,47,48)(H,49,50)/t39-,40+/m1/s1. The molecule has 0 fully saturated rings. The first-order chi connectivity index (χ1) is 26.6.